The van der Waals surface area contributed by atoms with E-state index in [9.17, 15) is 14.7 Å². The first kappa shape index (κ1) is 15.6. The number of rotatable bonds is 5. The van der Waals surface area contributed by atoms with Gasteiger partial charge >= 0.3 is 12.0 Å². The van der Waals surface area contributed by atoms with E-state index in [0.717, 1.165) is 0 Å². The van der Waals surface area contributed by atoms with E-state index in [1.54, 1.807) is 13.8 Å². The Bertz CT molecular complexity index is 514. The molecule has 0 heterocycles. The first-order valence-electron chi connectivity index (χ1n) is 5.95. The third kappa shape index (κ3) is 3.78. The maximum absolute atomic E-state index is 11.7. The maximum Gasteiger partial charge on any atom is 0.337 e. The van der Waals surface area contributed by atoms with Gasteiger partial charge in [0.15, 0.2) is 11.5 Å². The van der Waals surface area contributed by atoms with Crippen molar-refractivity contribution in [3.05, 3.63) is 17.7 Å². The zero-order valence-corrected chi connectivity index (χ0v) is 11.8. The highest BCUT2D eigenvalue weighted by molar-refractivity contribution is 6.01. The molecule has 0 saturated heterocycles. The molecule has 2 amide bonds. The predicted octanol–water partition coefficient (Wildman–Crippen LogP) is 1.93. The molecule has 0 radical (unpaired) electrons. The van der Waals surface area contributed by atoms with Crippen LogP contribution in [0.1, 0.15) is 24.2 Å². The lowest BCUT2D eigenvalue weighted by Crippen LogP contribution is -2.34. The lowest BCUT2D eigenvalue weighted by Gasteiger charge is -2.15. The van der Waals surface area contributed by atoms with E-state index in [-0.39, 0.29) is 23.0 Å². The van der Waals surface area contributed by atoms with Gasteiger partial charge in [-0.05, 0) is 13.8 Å². The van der Waals surface area contributed by atoms with Gasteiger partial charge in [0.25, 0.3) is 0 Å². The summed E-state index contributed by atoms with van der Waals surface area (Å²) in [6.45, 7) is 3.60. The number of methoxy groups -OCH3 is 2. The van der Waals surface area contributed by atoms with E-state index in [4.69, 9.17) is 9.47 Å². The Morgan fingerprint density at radius 3 is 2.15 bits per heavy atom. The van der Waals surface area contributed by atoms with Gasteiger partial charge in [-0.2, -0.15) is 0 Å². The number of nitrogens with one attached hydrogen (secondary N) is 2. The molecule has 20 heavy (non-hydrogen) atoms. The number of benzene rings is 1. The second-order valence-corrected chi connectivity index (χ2v) is 4.31. The fraction of sp³-hybridized carbons (Fsp3) is 0.385. The molecule has 0 unspecified atom stereocenters. The summed E-state index contributed by atoms with van der Waals surface area (Å²) in [5.41, 5.74) is 0.0508. The van der Waals surface area contributed by atoms with E-state index in [0.29, 0.717) is 5.75 Å². The Morgan fingerprint density at radius 1 is 1.15 bits per heavy atom. The first-order chi connectivity index (χ1) is 9.38. The van der Waals surface area contributed by atoms with E-state index < -0.39 is 12.0 Å². The summed E-state index contributed by atoms with van der Waals surface area (Å²) in [5.74, 6) is -0.567. The number of hydrogen-bond donors (Lipinski definition) is 3. The van der Waals surface area contributed by atoms with E-state index in [1.165, 1.54) is 26.4 Å². The van der Waals surface area contributed by atoms with Crippen LogP contribution in [-0.2, 0) is 0 Å². The lowest BCUT2D eigenvalue weighted by molar-refractivity contribution is 0.0697. The van der Waals surface area contributed by atoms with Gasteiger partial charge in [-0.3, -0.25) is 0 Å². The Morgan fingerprint density at radius 2 is 1.70 bits per heavy atom. The normalized spacial score (nSPS) is 10.1. The van der Waals surface area contributed by atoms with E-state index >= 15 is 0 Å². The molecule has 3 N–H and O–H groups in total. The van der Waals surface area contributed by atoms with Crippen LogP contribution in [0.4, 0.5) is 10.5 Å². The molecule has 0 saturated carbocycles. The molecule has 0 aliphatic heterocycles. The van der Waals surface area contributed by atoms with Crippen LogP contribution in [0.15, 0.2) is 12.1 Å². The number of aromatic carboxylic acids is 1. The Kier molecular flexibility index (Phi) is 5.19. The van der Waals surface area contributed by atoms with Gasteiger partial charge in [0, 0.05) is 18.2 Å². The minimum Gasteiger partial charge on any atom is -0.493 e. The van der Waals surface area contributed by atoms with Gasteiger partial charge in [-0.15, -0.1) is 0 Å². The number of hydrogen-bond acceptors (Lipinski definition) is 4. The van der Waals surface area contributed by atoms with Gasteiger partial charge in [0.05, 0.1) is 25.5 Å². The summed E-state index contributed by atoms with van der Waals surface area (Å²) >= 11 is 0. The van der Waals surface area contributed by atoms with Gasteiger partial charge in [-0.25, -0.2) is 9.59 Å². The molecular formula is C13H18N2O5. The predicted molar refractivity (Wildman–Crippen MR) is 73.8 cm³/mol. The molecule has 110 valence electrons. The molecule has 7 nitrogen and oxygen atoms in total. The summed E-state index contributed by atoms with van der Waals surface area (Å²) < 4.78 is 10.1. The van der Waals surface area contributed by atoms with Gasteiger partial charge in [0.2, 0.25) is 0 Å². The molecule has 0 fully saturated rings. The van der Waals surface area contributed by atoms with Gasteiger partial charge < -0.3 is 25.2 Å². The highest BCUT2D eigenvalue weighted by Gasteiger charge is 2.18. The molecule has 0 atom stereocenters. The topological polar surface area (TPSA) is 96.9 Å². The van der Waals surface area contributed by atoms with Crippen LogP contribution in [0, 0.1) is 0 Å². The minimum atomic E-state index is -1.18. The summed E-state index contributed by atoms with van der Waals surface area (Å²) in [6, 6.07) is 2.15. The molecule has 0 aromatic heterocycles. The number of carbonyl (C=O) groups excluding carboxylic acids is 1. The van der Waals surface area contributed by atoms with Crippen molar-refractivity contribution < 1.29 is 24.2 Å². The van der Waals surface area contributed by atoms with Crippen LogP contribution in [-0.4, -0.2) is 37.4 Å². The average molecular weight is 282 g/mol. The smallest absolute Gasteiger partial charge is 0.337 e. The molecule has 1 aromatic rings. The highest BCUT2D eigenvalue weighted by Crippen LogP contribution is 2.33. The zero-order valence-electron chi connectivity index (χ0n) is 11.8. The van der Waals surface area contributed by atoms with Crippen LogP contribution < -0.4 is 20.1 Å². The quantitative estimate of drug-likeness (QED) is 0.766. The van der Waals surface area contributed by atoms with E-state index in [2.05, 4.69) is 10.6 Å². The van der Waals surface area contributed by atoms with Crippen molar-refractivity contribution in [1.82, 2.24) is 5.32 Å². The Balaban J connectivity index is 3.15. The molecule has 1 rings (SSSR count). The number of carboxylic acids is 1. The second kappa shape index (κ2) is 6.65. The number of carboxylic acid groups (broad SMARTS) is 1. The van der Waals surface area contributed by atoms with Crippen molar-refractivity contribution in [3.63, 3.8) is 0 Å². The molecule has 0 aliphatic carbocycles. The summed E-state index contributed by atoms with van der Waals surface area (Å²) in [7, 11) is 2.83. The lowest BCUT2D eigenvalue weighted by atomic mass is 10.1. The standard InChI is InChI=1S/C13H18N2O5/c1-7(2)14-13(18)15-9-6-11(20-4)10(19-3)5-8(9)12(16)17/h5-7H,1-4H3,(H,16,17)(H2,14,15,18). The molecule has 0 bridgehead atoms. The number of urea groups is 1. The minimum absolute atomic E-state index is 0.0663. The molecule has 7 heteroatoms. The third-order valence-electron chi connectivity index (χ3n) is 2.42. The van der Waals surface area contributed by atoms with Crippen molar-refractivity contribution in [3.8, 4) is 11.5 Å². The highest BCUT2D eigenvalue weighted by atomic mass is 16.5. The van der Waals surface area contributed by atoms with E-state index in [1.807, 2.05) is 0 Å². The summed E-state index contributed by atoms with van der Waals surface area (Å²) in [4.78, 5) is 22.9. The van der Waals surface area contributed by atoms with Crippen LogP contribution in [0.3, 0.4) is 0 Å². The maximum atomic E-state index is 11.7. The number of anilines is 1. The third-order valence-corrected chi connectivity index (χ3v) is 2.42. The average Bonchev–Trinajstić information content (AvgIpc) is 2.36. The fourth-order valence-electron chi connectivity index (χ4n) is 1.58. The summed E-state index contributed by atoms with van der Waals surface area (Å²) in [6.07, 6.45) is 0. The van der Waals surface area contributed by atoms with Crippen LogP contribution >= 0.6 is 0 Å². The van der Waals surface area contributed by atoms with Gasteiger partial charge in [-0.1, -0.05) is 0 Å². The van der Waals surface area contributed by atoms with Crippen LogP contribution in [0.25, 0.3) is 0 Å². The van der Waals surface area contributed by atoms with Crippen molar-refractivity contribution in [2.75, 3.05) is 19.5 Å². The number of amides is 2. The molecule has 1 aromatic carbocycles. The monoisotopic (exact) mass is 282 g/mol. The summed E-state index contributed by atoms with van der Waals surface area (Å²) in [5, 5.41) is 14.3. The van der Waals surface area contributed by atoms with Crippen molar-refractivity contribution in [2.45, 2.75) is 19.9 Å². The zero-order chi connectivity index (χ0) is 15.3. The second-order valence-electron chi connectivity index (χ2n) is 4.31. The molecular weight excluding hydrogens is 264 g/mol. The van der Waals surface area contributed by atoms with Gasteiger partial charge in [0.1, 0.15) is 0 Å². The number of carbonyl (C=O) groups is 2. The Labute approximate surface area is 116 Å². The van der Waals surface area contributed by atoms with Crippen LogP contribution in [0.2, 0.25) is 0 Å². The Hall–Kier alpha value is -2.44. The fourth-order valence-corrected chi connectivity index (χ4v) is 1.58. The number of ether oxygens (including phenoxy) is 2. The molecule has 0 aliphatic rings. The van der Waals surface area contributed by atoms with Crippen molar-refractivity contribution in [2.24, 2.45) is 0 Å². The SMILES string of the molecule is COc1cc(NC(=O)NC(C)C)c(C(=O)O)cc1OC. The first-order valence-corrected chi connectivity index (χ1v) is 5.95. The van der Waals surface area contributed by atoms with Crippen molar-refractivity contribution >= 4 is 17.7 Å². The largest absolute Gasteiger partial charge is 0.493 e. The van der Waals surface area contributed by atoms with Crippen molar-refractivity contribution in [1.29, 1.82) is 0 Å². The molecule has 0 spiro atoms. The van der Waals surface area contributed by atoms with Crippen LogP contribution in [0.5, 0.6) is 11.5 Å².